The third kappa shape index (κ3) is 4.86. The van der Waals surface area contributed by atoms with Crippen molar-refractivity contribution < 1.29 is 23.4 Å². The number of benzene rings is 2. The Balaban J connectivity index is 2.00. The van der Waals surface area contributed by atoms with Gasteiger partial charge in [0.2, 0.25) is 0 Å². The summed E-state index contributed by atoms with van der Waals surface area (Å²) in [5.41, 5.74) is 0.875. The van der Waals surface area contributed by atoms with Crippen LogP contribution < -0.4 is 19.5 Å². The van der Waals surface area contributed by atoms with Crippen LogP contribution in [0.5, 0.6) is 17.2 Å². The highest BCUT2D eigenvalue weighted by atomic mass is 19.1. The highest BCUT2D eigenvalue weighted by Crippen LogP contribution is 2.29. The number of halogens is 1. The topological polar surface area (TPSA) is 56.8 Å². The molecule has 0 saturated carbocycles. The molecule has 134 valence electrons. The molecule has 0 aromatic heterocycles. The summed E-state index contributed by atoms with van der Waals surface area (Å²) in [5, 5.41) is 2.88. The molecule has 2 atom stereocenters. The van der Waals surface area contributed by atoms with Crippen LogP contribution in [0, 0.1) is 5.82 Å². The number of hydrogen-bond donors (Lipinski definition) is 1. The van der Waals surface area contributed by atoms with Gasteiger partial charge in [-0.15, -0.1) is 0 Å². The normalized spacial score (nSPS) is 12.8. The van der Waals surface area contributed by atoms with E-state index in [1.54, 1.807) is 27.2 Å². The van der Waals surface area contributed by atoms with Crippen LogP contribution in [0.25, 0.3) is 0 Å². The smallest absolute Gasteiger partial charge is 0.261 e. The molecule has 0 heterocycles. The van der Waals surface area contributed by atoms with E-state index in [2.05, 4.69) is 5.32 Å². The average Bonchev–Trinajstić information content (AvgIpc) is 2.62. The third-order valence-electron chi connectivity index (χ3n) is 3.76. The summed E-state index contributed by atoms with van der Waals surface area (Å²) in [6.07, 6.45) is -0.715. The molecule has 0 bridgehead atoms. The van der Waals surface area contributed by atoms with Gasteiger partial charge in [0.1, 0.15) is 11.6 Å². The molecule has 1 amide bonds. The predicted octanol–water partition coefficient (Wildman–Crippen LogP) is 3.49. The molecule has 25 heavy (non-hydrogen) atoms. The Bertz CT molecular complexity index is 718. The molecular formula is C19H22FNO4. The zero-order chi connectivity index (χ0) is 18.4. The van der Waals surface area contributed by atoms with Crippen molar-refractivity contribution in [3.05, 3.63) is 53.8 Å². The SMILES string of the molecule is COc1ccc([C@@H](C)NC(=O)[C@H](C)Oc2ccc(F)cc2)cc1OC. The van der Waals surface area contributed by atoms with Gasteiger partial charge in [0.25, 0.3) is 5.91 Å². The lowest BCUT2D eigenvalue weighted by atomic mass is 10.1. The van der Waals surface area contributed by atoms with E-state index in [-0.39, 0.29) is 17.8 Å². The highest BCUT2D eigenvalue weighted by molar-refractivity contribution is 5.81. The van der Waals surface area contributed by atoms with Gasteiger partial charge in [0.05, 0.1) is 20.3 Å². The largest absolute Gasteiger partial charge is 0.493 e. The minimum atomic E-state index is -0.715. The standard InChI is InChI=1S/C19H22FNO4/c1-12(14-5-10-17(23-3)18(11-14)24-4)21-19(22)13(2)25-16-8-6-15(20)7-9-16/h5-13H,1-4H3,(H,21,22)/t12-,13+/m1/s1. The maximum Gasteiger partial charge on any atom is 0.261 e. The Kier molecular flexibility index (Phi) is 6.22. The van der Waals surface area contributed by atoms with Crippen LogP contribution in [0.3, 0.4) is 0 Å². The summed E-state index contributed by atoms with van der Waals surface area (Å²) in [6, 6.07) is 10.8. The van der Waals surface area contributed by atoms with Crippen LogP contribution in [-0.2, 0) is 4.79 Å². The van der Waals surface area contributed by atoms with Crippen molar-refractivity contribution in [3.8, 4) is 17.2 Å². The second-order valence-electron chi connectivity index (χ2n) is 5.56. The van der Waals surface area contributed by atoms with Gasteiger partial charge in [-0.2, -0.15) is 0 Å². The van der Waals surface area contributed by atoms with E-state index >= 15 is 0 Å². The molecule has 2 aromatic carbocycles. The Hall–Kier alpha value is -2.76. The van der Waals surface area contributed by atoms with E-state index in [1.807, 2.05) is 19.1 Å². The van der Waals surface area contributed by atoms with Crippen LogP contribution >= 0.6 is 0 Å². The van der Waals surface area contributed by atoms with Gasteiger partial charge in [-0.05, 0) is 55.8 Å². The maximum absolute atomic E-state index is 12.9. The van der Waals surface area contributed by atoms with Crippen molar-refractivity contribution in [2.45, 2.75) is 26.0 Å². The van der Waals surface area contributed by atoms with Crippen molar-refractivity contribution in [2.75, 3.05) is 14.2 Å². The predicted molar refractivity (Wildman–Crippen MR) is 92.6 cm³/mol. The van der Waals surface area contributed by atoms with Gasteiger partial charge in [0, 0.05) is 0 Å². The maximum atomic E-state index is 12.9. The third-order valence-corrected chi connectivity index (χ3v) is 3.76. The minimum absolute atomic E-state index is 0.244. The summed E-state index contributed by atoms with van der Waals surface area (Å²) >= 11 is 0. The van der Waals surface area contributed by atoms with Gasteiger partial charge < -0.3 is 19.5 Å². The monoisotopic (exact) mass is 347 g/mol. The van der Waals surface area contributed by atoms with Crippen molar-refractivity contribution in [2.24, 2.45) is 0 Å². The minimum Gasteiger partial charge on any atom is -0.493 e. The first-order chi connectivity index (χ1) is 11.9. The number of amides is 1. The Morgan fingerprint density at radius 2 is 1.64 bits per heavy atom. The van der Waals surface area contributed by atoms with Gasteiger partial charge >= 0.3 is 0 Å². The van der Waals surface area contributed by atoms with E-state index in [4.69, 9.17) is 14.2 Å². The number of hydrogen-bond acceptors (Lipinski definition) is 4. The van der Waals surface area contributed by atoms with E-state index in [0.717, 1.165) is 5.56 Å². The lowest BCUT2D eigenvalue weighted by Crippen LogP contribution is -2.37. The number of ether oxygens (including phenoxy) is 3. The van der Waals surface area contributed by atoms with E-state index in [0.29, 0.717) is 17.2 Å². The molecule has 0 aliphatic heterocycles. The number of carbonyl (C=O) groups is 1. The van der Waals surface area contributed by atoms with Crippen molar-refractivity contribution in [3.63, 3.8) is 0 Å². The zero-order valence-electron chi connectivity index (χ0n) is 14.7. The molecule has 0 radical (unpaired) electrons. The Morgan fingerprint density at radius 1 is 1.00 bits per heavy atom. The van der Waals surface area contributed by atoms with Crippen molar-refractivity contribution in [1.82, 2.24) is 5.32 Å². The fraction of sp³-hybridized carbons (Fsp3) is 0.316. The Labute approximate surface area is 146 Å². The average molecular weight is 347 g/mol. The highest BCUT2D eigenvalue weighted by Gasteiger charge is 2.18. The number of methoxy groups -OCH3 is 2. The van der Waals surface area contributed by atoms with Crippen LogP contribution in [0.2, 0.25) is 0 Å². The van der Waals surface area contributed by atoms with Crippen molar-refractivity contribution >= 4 is 5.91 Å². The molecule has 1 N–H and O–H groups in total. The molecule has 0 aliphatic carbocycles. The zero-order valence-corrected chi connectivity index (χ0v) is 14.7. The summed E-state index contributed by atoms with van der Waals surface area (Å²) < 4.78 is 28.9. The summed E-state index contributed by atoms with van der Waals surface area (Å²) in [6.45, 7) is 3.50. The fourth-order valence-electron chi connectivity index (χ4n) is 2.31. The fourth-order valence-corrected chi connectivity index (χ4v) is 2.31. The molecule has 0 unspecified atom stereocenters. The van der Waals surface area contributed by atoms with E-state index in [1.165, 1.54) is 24.3 Å². The van der Waals surface area contributed by atoms with Crippen LogP contribution in [0.1, 0.15) is 25.5 Å². The molecule has 6 heteroatoms. The lowest BCUT2D eigenvalue weighted by molar-refractivity contribution is -0.127. The van der Waals surface area contributed by atoms with E-state index in [9.17, 15) is 9.18 Å². The molecule has 5 nitrogen and oxygen atoms in total. The van der Waals surface area contributed by atoms with Gasteiger partial charge in [-0.25, -0.2) is 4.39 Å². The van der Waals surface area contributed by atoms with Gasteiger partial charge in [-0.3, -0.25) is 4.79 Å². The first kappa shape index (κ1) is 18.6. The summed E-state index contributed by atoms with van der Waals surface area (Å²) in [5.74, 6) is 1.02. The lowest BCUT2D eigenvalue weighted by Gasteiger charge is -2.20. The molecule has 0 spiro atoms. The van der Waals surface area contributed by atoms with Gasteiger partial charge in [-0.1, -0.05) is 6.07 Å². The van der Waals surface area contributed by atoms with Gasteiger partial charge in [0.15, 0.2) is 17.6 Å². The summed E-state index contributed by atoms with van der Waals surface area (Å²) in [4.78, 5) is 12.3. The van der Waals surface area contributed by atoms with Crippen LogP contribution in [0.4, 0.5) is 4.39 Å². The molecule has 0 fully saturated rings. The van der Waals surface area contributed by atoms with Crippen LogP contribution in [0.15, 0.2) is 42.5 Å². The van der Waals surface area contributed by atoms with E-state index < -0.39 is 6.10 Å². The van der Waals surface area contributed by atoms with Crippen molar-refractivity contribution in [1.29, 1.82) is 0 Å². The molecular weight excluding hydrogens is 325 g/mol. The summed E-state index contributed by atoms with van der Waals surface area (Å²) in [7, 11) is 3.13. The Morgan fingerprint density at radius 3 is 2.24 bits per heavy atom. The molecule has 2 rings (SSSR count). The molecule has 0 saturated heterocycles. The number of nitrogens with one attached hydrogen (secondary N) is 1. The second kappa shape index (κ2) is 8.37. The number of carbonyl (C=O) groups excluding carboxylic acids is 1. The molecule has 2 aromatic rings. The van der Waals surface area contributed by atoms with Crippen LogP contribution in [-0.4, -0.2) is 26.2 Å². The number of rotatable bonds is 7. The molecule has 0 aliphatic rings. The quantitative estimate of drug-likeness (QED) is 0.833. The second-order valence-corrected chi connectivity index (χ2v) is 5.56. The first-order valence-corrected chi connectivity index (χ1v) is 7.89. The first-order valence-electron chi connectivity index (χ1n) is 7.89.